The number of halogens is 4. The molecule has 0 aliphatic rings. The van der Waals surface area contributed by atoms with Gasteiger partial charge in [-0.2, -0.15) is 5.01 Å². The van der Waals surface area contributed by atoms with Crippen LogP contribution in [0, 0.1) is 6.92 Å². The summed E-state index contributed by atoms with van der Waals surface area (Å²) in [7, 11) is 0. The highest BCUT2D eigenvalue weighted by molar-refractivity contribution is 6.39. The van der Waals surface area contributed by atoms with Crippen molar-refractivity contribution in [1.29, 1.82) is 0 Å². The van der Waals surface area contributed by atoms with Crippen LogP contribution in [-0.2, 0) is 0 Å². The van der Waals surface area contributed by atoms with Crippen molar-refractivity contribution in [2.75, 3.05) is 10.4 Å². The van der Waals surface area contributed by atoms with Crippen LogP contribution in [0.25, 0.3) is 5.69 Å². The van der Waals surface area contributed by atoms with Gasteiger partial charge in [-0.15, -0.1) is 5.10 Å². The molecule has 0 spiro atoms. The molecule has 0 fully saturated rings. The van der Waals surface area contributed by atoms with Crippen molar-refractivity contribution in [3.8, 4) is 5.69 Å². The van der Waals surface area contributed by atoms with Crippen molar-refractivity contribution < 1.29 is 4.79 Å². The van der Waals surface area contributed by atoms with Crippen LogP contribution in [0.1, 0.15) is 5.69 Å². The lowest BCUT2D eigenvalue weighted by Crippen LogP contribution is -2.41. The van der Waals surface area contributed by atoms with Crippen molar-refractivity contribution >= 4 is 63.9 Å². The minimum absolute atomic E-state index is 0.215. The van der Waals surface area contributed by atoms with E-state index in [9.17, 15) is 4.79 Å². The monoisotopic (exact) mass is 443 g/mol. The van der Waals surface area contributed by atoms with Gasteiger partial charge in [-0.1, -0.05) is 58.5 Å². The van der Waals surface area contributed by atoms with Gasteiger partial charge in [0.15, 0.2) is 5.82 Å². The summed E-state index contributed by atoms with van der Waals surface area (Å²) in [6.45, 7) is 1.79. The van der Waals surface area contributed by atoms with E-state index >= 15 is 0 Å². The maximum Gasteiger partial charge on any atom is 0.339 e. The van der Waals surface area contributed by atoms with Crippen LogP contribution in [0.5, 0.6) is 0 Å². The summed E-state index contributed by atoms with van der Waals surface area (Å²) in [6.07, 6.45) is 0. The number of carbonyl (C=O) groups excluding carboxylic acids is 1. The van der Waals surface area contributed by atoms with E-state index in [1.165, 1.54) is 4.68 Å². The van der Waals surface area contributed by atoms with Crippen molar-refractivity contribution in [3.05, 3.63) is 68.2 Å². The Labute approximate surface area is 175 Å². The number of aromatic nitrogens is 2. The predicted octanol–water partition coefficient (Wildman–Crippen LogP) is 5.71. The van der Waals surface area contributed by atoms with Crippen molar-refractivity contribution in [3.63, 3.8) is 0 Å². The SMILES string of the molecule is Cc1cc(N(Nc2c(Cl)cccc2Cl)C(N)=O)nn1-c1c(Cl)cccc1Cl. The average Bonchev–Trinajstić information content (AvgIpc) is 2.95. The van der Waals surface area contributed by atoms with Crippen LogP contribution in [0.3, 0.4) is 0 Å². The number of anilines is 2. The number of carbonyl (C=O) groups is 1. The third-order valence-electron chi connectivity index (χ3n) is 3.66. The first-order valence-electron chi connectivity index (χ1n) is 7.61. The number of urea groups is 1. The Hall–Kier alpha value is -2.12. The zero-order chi connectivity index (χ0) is 19.7. The molecule has 1 aromatic heterocycles. The molecule has 0 bridgehead atoms. The van der Waals surface area contributed by atoms with Crippen LogP contribution >= 0.6 is 46.4 Å². The smallest absolute Gasteiger partial charge is 0.339 e. The van der Waals surface area contributed by atoms with Crippen LogP contribution in [0.4, 0.5) is 16.3 Å². The summed E-state index contributed by atoms with van der Waals surface area (Å²) >= 11 is 24.8. The highest BCUT2D eigenvalue weighted by Gasteiger charge is 2.21. The van der Waals surface area contributed by atoms with Gasteiger partial charge in [0, 0.05) is 11.8 Å². The van der Waals surface area contributed by atoms with Crippen LogP contribution in [0.2, 0.25) is 20.1 Å². The maximum atomic E-state index is 12.0. The van der Waals surface area contributed by atoms with Gasteiger partial charge in [-0.25, -0.2) is 9.48 Å². The highest BCUT2D eigenvalue weighted by Crippen LogP contribution is 2.33. The third kappa shape index (κ3) is 3.94. The van der Waals surface area contributed by atoms with Gasteiger partial charge in [0.1, 0.15) is 5.69 Å². The Kier molecular flexibility index (Phi) is 5.72. The van der Waals surface area contributed by atoms with Crippen LogP contribution < -0.4 is 16.2 Å². The van der Waals surface area contributed by atoms with Gasteiger partial charge >= 0.3 is 6.03 Å². The predicted molar refractivity (Wildman–Crippen MR) is 110 cm³/mol. The average molecular weight is 445 g/mol. The molecule has 6 nitrogen and oxygen atoms in total. The Morgan fingerprint density at radius 2 is 1.56 bits per heavy atom. The summed E-state index contributed by atoms with van der Waals surface area (Å²) in [6, 6.07) is 10.9. The fourth-order valence-corrected chi connectivity index (χ4v) is 3.47. The molecular weight excluding hydrogens is 432 g/mol. The molecule has 2 aromatic carbocycles. The summed E-state index contributed by atoms with van der Waals surface area (Å²) < 4.78 is 1.52. The third-order valence-corrected chi connectivity index (χ3v) is 4.90. The highest BCUT2D eigenvalue weighted by atomic mass is 35.5. The molecule has 3 aromatic rings. The van der Waals surface area contributed by atoms with Gasteiger partial charge < -0.3 is 5.73 Å². The molecule has 0 saturated heterocycles. The number of hydrazine groups is 1. The van der Waals surface area contributed by atoms with E-state index in [0.717, 1.165) is 5.01 Å². The fourth-order valence-electron chi connectivity index (χ4n) is 2.43. The second-order valence-electron chi connectivity index (χ2n) is 5.51. The summed E-state index contributed by atoms with van der Waals surface area (Å²) in [4.78, 5) is 12.0. The minimum atomic E-state index is -0.805. The van der Waals surface area contributed by atoms with Crippen molar-refractivity contribution in [2.24, 2.45) is 5.73 Å². The Morgan fingerprint density at radius 1 is 1.04 bits per heavy atom. The van der Waals surface area contributed by atoms with Gasteiger partial charge in [-0.05, 0) is 31.2 Å². The second kappa shape index (κ2) is 7.86. The number of nitrogens with two attached hydrogens (primary N) is 1. The van der Waals surface area contributed by atoms with Crippen molar-refractivity contribution in [2.45, 2.75) is 6.92 Å². The minimum Gasteiger partial charge on any atom is -0.350 e. The van der Waals surface area contributed by atoms with E-state index in [-0.39, 0.29) is 5.82 Å². The number of rotatable bonds is 4. The summed E-state index contributed by atoms with van der Waals surface area (Å²) in [5, 5.41) is 6.89. The summed E-state index contributed by atoms with van der Waals surface area (Å²) in [5.41, 5.74) is 9.81. The number of benzene rings is 2. The molecule has 0 radical (unpaired) electrons. The lowest BCUT2D eigenvalue weighted by atomic mass is 10.3. The second-order valence-corrected chi connectivity index (χ2v) is 7.14. The lowest BCUT2D eigenvalue weighted by molar-refractivity contribution is 0.255. The maximum absolute atomic E-state index is 12.0. The number of para-hydroxylation sites is 2. The molecule has 0 aliphatic heterocycles. The van der Waals surface area contributed by atoms with Gasteiger partial charge in [0.2, 0.25) is 0 Å². The molecule has 10 heteroatoms. The lowest BCUT2D eigenvalue weighted by Gasteiger charge is -2.21. The zero-order valence-electron chi connectivity index (χ0n) is 13.9. The number of nitrogens with one attached hydrogen (secondary N) is 1. The first-order valence-corrected chi connectivity index (χ1v) is 9.12. The van der Waals surface area contributed by atoms with E-state index in [2.05, 4.69) is 10.5 Å². The van der Waals surface area contributed by atoms with E-state index < -0.39 is 6.03 Å². The van der Waals surface area contributed by atoms with E-state index in [1.54, 1.807) is 49.4 Å². The molecular formula is C17H13Cl4N5O. The van der Waals surface area contributed by atoms with Gasteiger partial charge in [-0.3, -0.25) is 5.43 Å². The van der Waals surface area contributed by atoms with E-state index in [1.807, 2.05) is 0 Å². The Morgan fingerprint density at radius 3 is 2.07 bits per heavy atom. The van der Waals surface area contributed by atoms with Gasteiger partial charge in [0.25, 0.3) is 0 Å². The van der Waals surface area contributed by atoms with Crippen LogP contribution in [-0.4, -0.2) is 15.8 Å². The molecule has 0 aliphatic carbocycles. The molecule has 3 rings (SSSR count). The van der Waals surface area contributed by atoms with Crippen LogP contribution in [0.15, 0.2) is 42.5 Å². The molecule has 3 N–H and O–H groups in total. The number of hydrogen-bond acceptors (Lipinski definition) is 3. The first-order chi connectivity index (χ1) is 12.8. The summed E-state index contributed by atoms with van der Waals surface area (Å²) in [5.74, 6) is 0.215. The molecule has 0 saturated carbocycles. The largest absolute Gasteiger partial charge is 0.350 e. The molecule has 0 unspecified atom stereocenters. The standard InChI is InChI=1S/C17H13Cl4N5O/c1-9-8-14(23-25(9)16-12(20)6-3-7-13(16)21)26(17(22)27)24-15-10(18)4-2-5-11(15)19/h2-8,24H,1H3,(H2,22,27). The molecule has 0 atom stereocenters. The van der Waals surface area contributed by atoms with E-state index in [4.69, 9.17) is 52.1 Å². The molecule has 1 heterocycles. The molecule has 140 valence electrons. The first kappa shape index (κ1) is 19.6. The topological polar surface area (TPSA) is 76.2 Å². The Balaban J connectivity index is 2.05. The quantitative estimate of drug-likeness (QED) is 0.506. The molecule has 2 amide bonds. The number of primary amides is 1. The van der Waals surface area contributed by atoms with E-state index in [0.29, 0.717) is 37.2 Å². The number of amides is 2. The number of nitrogens with zero attached hydrogens (tertiary/aromatic N) is 3. The Bertz CT molecular complexity index is 980. The number of aryl methyl sites for hydroxylation is 1. The normalized spacial score (nSPS) is 10.7. The zero-order valence-corrected chi connectivity index (χ0v) is 16.9. The molecule has 27 heavy (non-hydrogen) atoms. The van der Waals surface area contributed by atoms with Gasteiger partial charge in [0.05, 0.1) is 25.8 Å². The number of hydrogen-bond donors (Lipinski definition) is 2. The fraction of sp³-hybridized carbons (Fsp3) is 0.0588. The van der Waals surface area contributed by atoms with Crippen molar-refractivity contribution in [1.82, 2.24) is 9.78 Å².